The van der Waals surface area contributed by atoms with Gasteiger partial charge in [-0.05, 0) is 25.1 Å². The number of carbonyl (C=O) groups is 1. The van der Waals surface area contributed by atoms with Crippen LogP contribution in [-0.4, -0.2) is 25.6 Å². The Labute approximate surface area is 168 Å². The van der Waals surface area contributed by atoms with Gasteiger partial charge in [-0.3, -0.25) is 4.79 Å². The normalized spacial score (nSPS) is 11.0. The number of ether oxygens (including phenoxy) is 1. The van der Waals surface area contributed by atoms with Crippen LogP contribution in [0, 0.1) is 18.6 Å². The van der Waals surface area contributed by atoms with E-state index in [2.05, 4.69) is 15.1 Å². The average Bonchev–Trinajstić information content (AvgIpc) is 3.03. The molecule has 0 fully saturated rings. The van der Waals surface area contributed by atoms with Crippen molar-refractivity contribution in [3.63, 3.8) is 0 Å². The molecule has 0 saturated carbocycles. The van der Waals surface area contributed by atoms with E-state index < -0.39 is 17.6 Å². The molecule has 0 unspecified atom stereocenters. The van der Waals surface area contributed by atoms with Crippen molar-refractivity contribution >= 4 is 11.6 Å². The Morgan fingerprint density at radius 1 is 1.17 bits per heavy atom. The monoisotopic (exact) mass is 411 g/mol. The lowest BCUT2D eigenvalue weighted by molar-refractivity contribution is -0.132. The van der Waals surface area contributed by atoms with E-state index in [1.54, 1.807) is 13.0 Å². The molecular weight excluding hydrogens is 396 g/mol. The Hall–Kier alpha value is -3.92. The molecule has 152 valence electrons. The summed E-state index contributed by atoms with van der Waals surface area (Å²) < 4.78 is 34.1. The Balaban J connectivity index is 1.90. The van der Waals surface area contributed by atoms with Gasteiger partial charge in [0.25, 0.3) is 0 Å². The zero-order valence-corrected chi connectivity index (χ0v) is 15.9. The van der Waals surface area contributed by atoms with Gasteiger partial charge in [0.15, 0.2) is 5.65 Å². The van der Waals surface area contributed by atoms with E-state index in [-0.39, 0.29) is 23.0 Å². The largest absolute Gasteiger partial charge is 0.408 e. The summed E-state index contributed by atoms with van der Waals surface area (Å²) in [6, 6.07) is 7.96. The molecule has 3 aromatic heterocycles. The number of pyridine rings is 1. The third-order valence-corrected chi connectivity index (χ3v) is 4.33. The molecule has 3 heterocycles. The minimum Gasteiger partial charge on any atom is -0.408 e. The predicted octanol–water partition coefficient (Wildman–Crippen LogP) is 3.22. The number of rotatable bonds is 4. The highest BCUT2D eigenvalue weighted by molar-refractivity contribution is 5.82. The Kier molecular flexibility index (Phi) is 4.84. The molecule has 1 aromatic carbocycles. The summed E-state index contributed by atoms with van der Waals surface area (Å²) in [4.78, 5) is 24.6. The van der Waals surface area contributed by atoms with Crippen molar-refractivity contribution in [3.8, 4) is 34.1 Å². The zero-order chi connectivity index (χ0) is 21.4. The maximum absolute atomic E-state index is 14.5. The molecule has 0 aliphatic rings. The SMILES string of the molecule is CC(=O)Oc1ccc(-c2cc(ON)n3nc(C)c(-c4ccc(F)cc4F)c3n2)cn1. The van der Waals surface area contributed by atoms with Gasteiger partial charge in [0.1, 0.15) is 11.6 Å². The third kappa shape index (κ3) is 3.44. The summed E-state index contributed by atoms with van der Waals surface area (Å²) >= 11 is 0. The van der Waals surface area contributed by atoms with Crippen LogP contribution in [0.25, 0.3) is 28.0 Å². The fourth-order valence-electron chi connectivity index (χ4n) is 3.08. The Morgan fingerprint density at radius 2 is 1.97 bits per heavy atom. The molecule has 10 heteroatoms. The van der Waals surface area contributed by atoms with Gasteiger partial charge in [-0.25, -0.2) is 18.7 Å². The molecule has 4 rings (SSSR count). The molecule has 2 N–H and O–H groups in total. The molecule has 0 radical (unpaired) electrons. The molecule has 0 atom stereocenters. The number of carbonyl (C=O) groups excluding carboxylic acids is 1. The smallest absolute Gasteiger partial charge is 0.309 e. The van der Waals surface area contributed by atoms with E-state index in [4.69, 9.17) is 15.5 Å². The molecule has 8 nitrogen and oxygen atoms in total. The van der Waals surface area contributed by atoms with Crippen molar-refractivity contribution < 1.29 is 23.1 Å². The van der Waals surface area contributed by atoms with E-state index >= 15 is 0 Å². The van der Waals surface area contributed by atoms with Crippen LogP contribution in [0.5, 0.6) is 11.8 Å². The third-order valence-electron chi connectivity index (χ3n) is 4.33. The molecule has 0 amide bonds. The summed E-state index contributed by atoms with van der Waals surface area (Å²) in [6.07, 6.45) is 1.46. The molecule has 0 spiro atoms. The predicted molar refractivity (Wildman–Crippen MR) is 102 cm³/mol. The topological polar surface area (TPSA) is 105 Å². The first-order valence-electron chi connectivity index (χ1n) is 8.74. The molecule has 4 aromatic rings. The summed E-state index contributed by atoms with van der Waals surface area (Å²) in [5.74, 6) is 3.76. The standard InChI is InChI=1S/C20H15F2N5O3/c1-10-19(14-5-4-13(21)7-15(14)22)20-25-16(8-18(30-23)27(20)26-10)12-3-6-17(24-9-12)29-11(2)28/h3-9H,23H2,1-2H3. The number of fused-ring (bicyclic) bond motifs is 1. The van der Waals surface area contributed by atoms with E-state index in [1.807, 2.05) is 0 Å². The lowest BCUT2D eigenvalue weighted by Crippen LogP contribution is -2.08. The van der Waals surface area contributed by atoms with Crippen molar-refractivity contribution in [1.82, 2.24) is 19.6 Å². The van der Waals surface area contributed by atoms with Gasteiger partial charge in [0.05, 0.1) is 17.0 Å². The van der Waals surface area contributed by atoms with Crippen molar-refractivity contribution in [3.05, 3.63) is 59.9 Å². The lowest BCUT2D eigenvalue weighted by Gasteiger charge is -2.08. The molecule has 0 bridgehead atoms. The van der Waals surface area contributed by atoms with E-state index in [0.29, 0.717) is 22.5 Å². The number of aryl methyl sites for hydroxylation is 1. The summed E-state index contributed by atoms with van der Waals surface area (Å²) in [5.41, 5.74) is 2.20. The van der Waals surface area contributed by atoms with Gasteiger partial charge >= 0.3 is 5.97 Å². The van der Waals surface area contributed by atoms with Crippen LogP contribution in [-0.2, 0) is 4.79 Å². The number of esters is 1. The molecule has 0 aliphatic heterocycles. The van der Waals surface area contributed by atoms with Gasteiger partial charge in [-0.2, -0.15) is 15.5 Å². The number of nitrogens with zero attached hydrogens (tertiary/aromatic N) is 4. The highest BCUT2D eigenvalue weighted by Crippen LogP contribution is 2.33. The van der Waals surface area contributed by atoms with Gasteiger partial charge in [0.2, 0.25) is 11.8 Å². The number of hydrogen-bond donors (Lipinski definition) is 1. The first-order valence-corrected chi connectivity index (χ1v) is 8.74. The molecular formula is C20H15F2N5O3. The maximum atomic E-state index is 14.5. The van der Waals surface area contributed by atoms with Gasteiger partial charge < -0.3 is 9.57 Å². The number of aromatic nitrogens is 4. The van der Waals surface area contributed by atoms with Crippen LogP contribution in [0.1, 0.15) is 12.6 Å². The maximum Gasteiger partial charge on any atom is 0.309 e. The van der Waals surface area contributed by atoms with Crippen LogP contribution in [0.15, 0.2) is 42.6 Å². The van der Waals surface area contributed by atoms with Crippen molar-refractivity contribution in [2.75, 3.05) is 0 Å². The zero-order valence-electron chi connectivity index (χ0n) is 15.9. The van der Waals surface area contributed by atoms with Crippen LogP contribution >= 0.6 is 0 Å². The number of halogens is 2. The van der Waals surface area contributed by atoms with Gasteiger partial charge in [-0.1, -0.05) is 0 Å². The fourth-order valence-corrected chi connectivity index (χ4v) is 3.08. The minimum absolute atomic E-state index is 0.136. The van der Waals surface area contributed by atoms with Gasteiger partial charge in [0, 0.05) is 42.4 Å². The number of benzene rings is 1. The van der Waals surface area contributed by atoms with Crippen LogP contribution < -0.4 is 15.5 Å². The van der Waals surface area contributed by atoms with Crippen LogP contribution in [0.2, 0.25) is 0 Å². The summed E-state index contributed by atoms with van der Waals surface area (Å²) in [5, 5.41) is 4.32. The van der Waals surface area contributed by atoms with E-state index in [1.165, 1.54) is 35.8 Å². The van der Waals surface area contributed by atoms with Crippen molar-refractivity contribution in [1.29, 1.82) is 0 Å². The molecule has 30 heavy (non-hydrogen) atoms. The van der Waals surface area contributed by atoms with Crippen LogP contribution in [0.3, 0.4) is 0 Å². The van der Waals surface area contributed by atoms with E-state index in [0.717, 1.165) is 12.1 Å². The quantitative estimate of drug-likeness (QED) is 0.406. The molecule has 0 aliphatic carbocycles. The first-order chi connectivity index (χ1) is 14.4. The number of hydrogen-bond acceptors (Lipinski definition) is 7. The van der Waals surface area contributed by atoms with Crippen LogP contribution in [0.4, 0.5) is 8.78 Å². The van der Waals surface area contributed by atoms with E-state index in [9.17, 15) is 13.6 Å². The average molecular weight is 411 g/mol. The lowest BCUT2D eigenvalue weighted by atomic mass is 10.1. The molecule has 0 saturated heterocycles. The minimum atomic E-state index is -0.747. The Morgan fingerprint density at radius 3 is 2.60 bits per heavy atom. The highest BCUT2D eigenvalue weighted by atomic mass is 19.1. The second kappa shape index (κ2) is 7.48. The second-order valence-electron chi connectivity index (χ2n) is 6.40. The highest BCUT2D eigenvalue weighted by Gasteiger charge is 2.20. The summed E-state index contributed by atoms with van der Waals surface area (Å²) in [7, 11) is 0. The van der Waals surface area contributed by atoms with Crippen molar-refractivity contribution in [2.45, 2.75) is 13.8 Å². The summed E-state index contributed by atoms with van der Waals surface area (Å²) in [6.45, 7) is 2.94. The van der Waals surface area contributed by atoms with Gasteiger partial charge in [-0.15, -0.1) is 0 Å². The Bertz CT molecular complexity index is 1270. The fraction of sp³-hybridized carbons (Fsp3) is 0.100. The number of nitrogens with two attached hydrogens (primary N) is 1. The second-order valence-corrected chi connectivity index (χ2v) is 6.40. The van der Waals surface area contributed by atoms with Crippen molar-refractivity contribution in [2.24, 2.45) is 5.90 Å². The first kappa shape index (κ1) is 19.4.